The molecular formula is C12H20N2OS. The maximum Gasteiger partial charge on any atom is 0.254 e. The molecule has 0 fully saturated rings. The first kappa shape index (κ1) is 13.0. The van der Waals surface area contributed by atoms with Crippen LogP contribution in [0.5, 0.6) is 0 Å². The van der Waals surface area contributed by atoms with Crippen molar-refractivity contribution in [1.29, 1.82) is 0 Å². The first-order valence-electron chi connectivity index (χ1n) is 5.54. The Bertz CT molecular complexity index is 377. The fraction of sp³-hybridized carbons (Fsp3) is 0.583. The summed E-state index contributed by atoms with van der Waals surface area (Å²) in [6, 6.07) is 1.91. The Hall–Kier alpha value is -1.03. The molecular weight excluding hydrogens is 220 g/mol. The van der Waals surface area contributed by atoms with Gasteiger partial charge in [-0.3, -0.25) is 4.79 Å². The second kappa shape index (κ2) is 4.87. The van der Waals surface area contributed by atoms with Crippen LogP contribution in [0.1, 0.15) is 49.4 Å². The number of carbonyl (C=O) groups excluding carboxylic acids is 1. The monoisotopic (exact) mass is 240 g/mol. The van der Waals surface area contributed by atoms with E-state index < -0.39 is 0 Å². The van der Waals surface area contributed by atoms with Gasteiger partial charge in [-0.15, -0.1) is 11.3 Å². The van der Waals surface area contributed by atoms with Crippen LogP contribution < -0.4 is 11.1 Å². The van der Waals surface area contributed by atoms with E-state index >= 15 is 0 Å². The van der Waals surface area contributed by atoms with Gasteiger partial charge in [-0.05, 0) is 17.9 Å². The van der Waals surface area contributed by atoms with Gasteiger partial charge < -0.3 is 11.1 Å². The van der Waals surface area contributed by atoms with E-state index in [0.29, 0.717) is 17.1 Å². The Labute approximate surface area is 101 Å². The SMILES string of the molecule is CCCNC(=O)c1cc(C(C)(C)C)sc1N. The highest BCUT2D eigenvalue weighted by Gasteiger charge is 2.21. The van der Waals surface area contributed by atoms with Crippen LogP contribution in [0.25, 0.3) is 0 Å². The van der Waals surface area contributed by atoms with E-state index in [1.54, 1.807) is 0 Å². The van der Waals surface area contributed by atoms with E-state index in [-0.39, 0.29) is 11.3 Å². The molecule has 1 rings (SSSR count). The quantitative estimate of drug-likeness (QED) is 0.853. The molecule has 1 amide bonds. The van der Waals surface area contributed by atoms with E-state index in [9.17, 15) is 4.79 Å². The first-order chi connectivity index (χ1) is 7.36. The zero-order valence-electron chi connectivity index (χ0n) is 10.4. The molecule has 0 saturated heterocycles. The van der Waals surface area contributed by atoms with E-state index in [4.69, 9.17) is 5.73 Å². The van der Waals surface area contributed by atoms with Crippen molar-refractivity contribution in [2.24, 2.45) is 0 Å². The molecule has 4 heteroatoms. The molecule has 1 aromatic rings. The van der Waals surface area contributed by atoms with Gasteiger partial charge in [-0.1, -0.05) is 27.7 Å². The topological polar surface area (TPSA) is 55.1 Å². The summed E-state index contributed by atoms with van der Waals surface area (Å²) in [4.78, 5) is 12.9. The summed E-state index contributed by atoms with van der Waals surface area (Å²) in [5.74, 6) is -0.0638. The Kier molecular flexibility index (Phi) is 3.97. The zero-order valence-corrected chi connectivity index (χ0v) is 11.2. The van der Waals surface area contributed by atoms with Crippen molar-refractivity contribution in [1.82, 2.24) is 5.32 Å². The average molecular weight is 240 g/mol. The molecule has 1 heterocycles. The third kappa shape index (κ3) is 2.98. The summed E-state index contributed by atoms with van der Waals surface area (Å²) in [6.07, 6.45) is 0.932. The van der Waals surface area contributed by atoms with Gasteiger partial charge in [0.2, 0.25) is 0 Å². The predicted octanol–water partition coefficient (Wildman–Crippen LogP) is 2.77. The van der Waals surface area contributed by atoms with Gasteiger partial charge in [0.1, 0.15) is 0 Å². The number of rotatable bonds is 3. The van der Waals surface area contributed by atoms with Gasteiger partial charge in [0, 0.05) is 11.4 Å². The molecule has 0 saturated carbocycles. The number of nitrogens with one attached hydrogen (secondary N) is 1. The van der Waals surface area contributed by atoms with Crippen molar-refractivity contribution in [2.75, 3.05) is 12.3 Å². The van der Waals surface area contributed by atoms with Crippen molar-refractivity contribution in [2.45, 2.75) is 39.5 Å². The number of thiophene rings is 1. The van der Waals surface area contributed by atoms with Crippen molar-refractivity contribution in [3.05, 3.63) is 16.5 Å². The smallest absolute Gasteiger partial charge is 0.254 e. The molecule has 0 spiro atoms. The van der Waals surface area contributed by atoms with Crippen LogP contribution in [0.15, 0.2) is 6.07 Å². The van der Waals surface area contributed by atoms with E-state index in [1.807, 2.05) is 13.0 Å². The van der Waals surface area contributed by atoms with E-state index in [2.05, 4.69) is 26.1 Å². The van der Waals surface area contributed by atoms with E-state index in [0.717, 1.165) is 11.3 Å². The van der Waals surface area contributed by atoms with E-state index in [1.165, 1.54) is 11.3 Å². The highest BCUT2D eigenvalue weighted by molar-refractivity contribution is 7.16. The maximum absolute atomic E-state index is 11.8. The standard InChI is InChI=1S/C12H20N2OS/c1-5-6-14-11(15)8-7-9(12(2,3)4)16-10(8)13/h7H,5-6,13H2,1-4H3,(H,14,15). The Morgan fingerprint density at radius 1 is 1.50 bits per heavy atom. The van der Waals surface area contributed by atoms with Gasteiger partial charge in [-0.25, -0.2) is 0 Å². The Morgan fingerprint density at radius 3 is 2.56 bits per heavy atom. The number of carbonyl (C=O) groups is 1. The lowest BCUT2D eigenvalue weighted by Crippen LogP contribution is -2.24. The third-order valence-corrected chi connectivity index (χ3v) is 3.67. The predicted molar refractivity (Wildman–Crippen MR) is 70.1 cm³/mol. The van der Waals surface area contributed by atoms with Crippen molar-refractivity contribution in [3.63, 3.8) is 0 Å². The highest BCUT2D eigenvalue weighted by Crippen LogP contribution is 2.34. The zero-order chi connectivity index (χ0) is 12.3. The lowest BCUT2D eigenvalue weighted by molar-refractivity contribution is 0.0955. The number of amides is 1. The summed E-state index contributed by atoms with van der Waals surface area (Å²) >= 11 is 1.50. The second-order valence-corrected chi connectivity index (χ2v) is 5.98. The van der Waals surface area contributed by atoms with Crippen LogP contribution in [-0.4, -0.2) is 12.5 Å². The maximum atomic E-state index is 11.8. The molecule has 0 aliphatic carbocycles. The normalized spacial score (nSPS) is 11.5. The molecule has 16 heavy (non-hydrogen) atoms. The number of hydrogen-bond donors (Lipinski definition) is 2. The van der Waals surface area contributed by atoms with Crippen LogP contribution in [0.2, 0.25) is 0 Å². The largest absolute Gasteiger partial charge is 0.390 e. The summed E-state index contributed by atoms with van der Waals surface area (Å²) in [5, 5.41) is 3.45. The van der Waals surface area contributed by atoms with Crippen molar-refractivity contribution < 1.29 is 4.79 Å². The number of nitrogens with two attached hydrogens (primary N) is 1. The van der Waals surface area contributed by atoms with Crippen LogP contribution >= 0.6 is 11.3 Å². The Morgan fingerprint density at radius 2 is 2.12 bits per heavy atom. The van der Waals surface area contributed by atoms with Gasteiger partial charge in [0.15, 0.2) is 0 Å². The molecule has 0 atom stereocenters. The highest BCUT2D eigenvalue weighted by atomic mass is 32.1. The summed E-state index contributed by atoms with van der Waals surface area (Å²) < 4.78 is 0. The molecule has 90 valence electrons. The molecule has 0 radical (unpaired) electrons. The van der Waals surface area contributed by atoms with Crippen molar-refractivity contribution >= 4 is 22.2 Å². The van der Waals surface area contributed by atoms with Crippen LogP contribution in [-0.2, 0) is 5.41 Å². The number of hydrogen-bond acceptors (Lipinski definition) is 3. The van der Waals surface area contributed by atoms with Gasteiger partial charge in [-0.2, -0.15) is 0 Å². The minimum atomic E-state index is -0.0638. The summed E-state index contributed by atoms with van der Waals surface area (Å²) in [5.41, 5.74) is 6.53. The lowest BCUT2D eigenvalue weighted by Gasteiger charge is -2.15. The first-order valence-corrected chi connectivity index (χ1v) is 6.36. The molecule has 0 aromatic carbocycles. The van der Waals surface area contributed by atoms with Crippen LogP contribution in [0, 0.1) is 0 Å². The van der Waals surface area contributed by atoms with Crippen LogP contribution in [0.3, 0.4) is 0 Å². The van der Waals surface area contributed by atoms with Gasteiger partial charge in [0.05, 0.1) is 10.6 Å². The fourth-order valence-electron chi connectivity index (χ4n) is 1.29. The van der Waals surface area contributed by atoms with Crippen LogP contribution in [0.4, 0.5) is 5.00 Å². The molecule has 1 aromatic heterocycles. The molecule has 0 aliphatic rings. The fourth-order valence-corrected chi connectivity index (χ4v) is 2.27. The third-order valence-electron chi connectivity index (χ3n) is 2.28. The molecule has 0 bridgehead atoms. The summed E-state index contributed by atoms with van der Waals surface area (Å²) in [7, 11) is 0. The molecule has 3 N–H and O–H groups in total. The minimum Gasteiger partial charge on any atom is -0.390 e. The molecule has 0 unspecified atom stereocenters. The van der Waals surface area contributed by atoms with Crippen molar-refractivity contribution in [3.8, 4) is 0 Å². The summed E-state index contributed by atoms with van der Waals surface area (Å²) in [6.45, 7) is 9.07. The minimum absolute atomic E-state index is 0.0437. The molecule has 0 aliphatic heterocycles. The van der Waals surface area contributed by atoms with Gasteiger partial charge in [0.25, 0.3) is 5.91 Å². The average Bonchev–Trinajstić information content (AvgIpc) is 2.56. The lowest BCUT2D eigenvalue weighted by atomic mass is 9.94. The number of anilines is 1. The second-order valence-electron chi connectivity index (χ2n) is 4.89. The number of nitrogen functional groups attached to an aromatic ring is 1. The Balaban J connectivity index is 2.90. The van der Waals surface area contributed by atoms with Gasteiger partial charge >= 0.3 is 0 Å². The molecule has 3 nitrogen and oxygen atoms in total.